The molecule has 0 saturated heterocycles. The van der Waals surface area contributed by atoms with E-state index in [1.807, 2.05) is 26.0 Å². The highest BCUT2D eigenvalue weighted by atomic mass is 16.5. The van der Waals surface area contributed by atoms with Crippen molar-refractivity contribution in [2.45, 2.75) is 64.7 Å². The van der Waals surface area contributed by atoms with Crippen LogP contribution in [0.5, 0.6) is 0 Å². The second kappa shape index (κ2) is 8.83. The van der Waals surface area contributed by atoms with Crippen molar-refractivity contribution in [3.63, 3.8) is 0 Å². The Kier molecular flexibility index (Phi) is 6.79. The average molecular weight is 333 g/mol. The summed E-state index contributed by atoms with van der Waals surface area (Å²) >= 11 is 0. The maximum atomic E-state index is 12.4. The quantitative estimate of drug-likeness (QED) is 0.783. The molecule has 24 heavy (non-hydrogen) atoms. The van der Waals surface area contributed by atoms with Crippen LogP contribution in [0.1, 0.15) is 61.9 Å². The van der Waals surface area contributed by atoms with E-state index in [1.54, 1.807) is 12.1 Å². The molecule has 1 aliphatic carbocycles. The summed E-state index contributed by atoms with van der Waals surface area (Å²) < 4.78 is 5.54. The van der Waals surface area contributed by atoms with Crippen molar-refractivity contribution < 1.29 is 19.4 Å². The lowest BCUT2D eigenvalue weighted by atomic mass is 9.94. The van der Waals surface area contributed by atoms with Crippen LogP contribution < -0.4 is 5.32 Å². The molecule has 0 aromatic heterocycles. The zero-order chi connectivity index (χ0) is 17.5. The number of benzene rings is 1. The van der Waals surface area contributed by atoms with Crippen LogP contribution in [0.4, 0.5) is 0 Å². The Morgan fingerprint density at radius 2 is 1.83 bits per heavy atom. The fourth-order valence-electron chi connectivity index (χ4n) is 3.04. The molecule has 0 bridgehead atoms. The normalized spacial score (nSPS) is 21.3. The molecule has 2 N–H and O–H groups in total. The molecule has 0 radical (unpaired) electrons. The molecule has 5 heteroatoms. The number of carboxylic acid groups (broad SMARTS) is 1. The van der Waals surface area contributed by atoms with Gasteiger partial charge in [-0.1, -0.05) is 31.4 Å². The van der Waals surface area contributed by atoms with Gasteiger partial charge < -0.3 is 15.2 Å². The number of ether oxygens (including phenoxy) is 1. The van der Waals surface area contributed by atoms with Crippen molar-refractivity contribution in [3.05, 3.63) is 35.4 Å². The fourth-order valence-corrected chi connectivity index (χ4v) is 3.04. The number of rotatable bonds is 6. The van der Waals surface area contributed by atoms with E-state index in [1.165, 1.54) is 0 Å². The number of carboxylic acids is 1. The minimum atomic E-state index is -0.816. The van der Waals surface area contributed by atoms with Gasteiger partial charge in [-0.15, -0.1) is 0 Å². The molecule has 0 spiro atoms. The monoisotopic (exact) mass is 333 g/mol. The minimum Gasteiger partial charge on any atom is -0.481 e. The fraction of sp³-hybridized carbons (Fsp3) is 0.579. The average Bonchev–Trinajstić information content (AvgIpc) is 2.79. The van der Waals surface area contributed by atoms with E-state index >= 15 is 0 Å². The molecule has 0 unspecified atom stereocenters. The summed E-state index contributed by atoms with van der Waals surface area (Å²) in [5, 5.41) is 12.3. The Hall–Kier alpha value is -1.88. The van der Waals surface area contributed by atoms with Crippen molar-refractivity contribution in [2.24, 2.45) is 5.92 Å². The summed E-state index contributed by atoms with van der Waals surface area (Å²) in [7, 11) is 0. The molecule has 1 aromatic rings. The van der Waals surface area contributed by atoms with E-state index in [4.69, 9.17) is 4.74 Å². The lowest BCUT2D eigenvalue weighted by Crippen LogP contribution is -2.42. The van der Waals surface area contributed by atoms with E-state index in [2.05, 4.69) is 5.32 Å². The second-order valence-corrected chi connectivity index (χ2v) is 6.72. The summed E-state index contributed by atoms with van der Waals surface area (Å²) in [6.07, 6.45) is 4.42. The molecule has 0 aliphatic heterocycles. The molecule has 1 amide bonds. The number of aliphatic carboxylic acids is 1. The molecule has 1 aliphatic rings. The van der Waals surface area contributed by atoms with Crippen LogP contribution in [0, 0.1) is 5.92 Å². The summed E-state index contributed by atoms with van der Waals surface area (Å²) in [6.45, 7) is 4.48. The van der Waals surface area contributed by atoms with Crippen LogP contribution in [0.2, 0.25) is 0 Å². The number of hydrogen-bond acceptors (Lipinski definition) is 3. The third kappa shape index (κ3) is 5.34. The predicted molar refractivity (Wildman–Crippen MR) is 91.8 cm³/mol. The molecule has 1 saturated carbocycles. The van der Waals surface area contributed by atoms with Gasteiger partial charge in [-0.2, -0.15) is 0 Å². The predicted octanol–water partition coefficient (Wildman–Crippen LogP) is 3.37. The third-order valence-electron chi connectivity index (χ3n) is 4.45. The Morgan fingerprint density at radius 3 is 2.46 bits per heavy atom. The van der Waals surface area contributed by atoms with Crippen molar-refractivity contribution in [1.29, 1.82) is 0 Å². The Bertz CT molecular complexity index is 553. The van der Waals surface area contributed by atoms with E-state index in [9.17, 15) is 14.7 Å². The molecule has 5 nitrogen and oxygen atoms in total. The molecule has 132 valence electrons. The van der Waals surface area contributed by atoms with Crippen molar-refractivity contribution in [2.75, 3.05) is 0 Å². The molecule has 1 fully saturated rings. The first kappa shape index (κ1) is 18.5. The molecule has 2 rings (SSSR count). The summed E-state index contributed by atoms with van der Waals surface area (Å²) in [5.74, 6) is -1.51. The highest BCUT2D eigenvalue weighted by molar-refractivity contribution is 5.94. The van der Waals surface area contributed by atoms with Crippen LogP contribution in [0.3, 0.4) is 0 Å². The minimum absolute atomic E-state index is 0.163. The van der Waals surface area contributed by atoms with Gasteiger partial charge in [0.1, 0.15) is 0 Å². The molecule has 0 heterocycles. The van der Waals surface area contributed by atoms with Gasteiger partial charge in [0.15, 0.2) is 0 Å². The lowest BCUT2D eigenvalue weighted by molar-refractivity contribution is -0.142. The Balaban J connectivity index is 1.98. The summed E-state index contributed by atoms with van der Waals surface area (Å²) in [4.78, 5) is 23.9. The number of carbonyl (C=O) groups is 2. The van der Waals surface area contributed by atoms with Gasteiger partial charge in [0.25, 0.3) is 5.91 Å². The molecular formula is C19H27NO4. The van der Waals surface area contributed by atoms with Gasteiger partial charge in [-0.25, -0.2) is 0 Å². The highest BCUT2D eigenvalue weighted by Crippen LogP contribution is 2.24. The zero-order valence-electron chi connectivity index (χ0n) is 14.5. The van der Waals surface area contributed by atoms with Crippen LogP contribution in [-0.2, 0) is 16.1 Å². The molecule has 1 aromatic carbocycles. The molecular weight excluding hydrogens is 306 g/mol. The van der Waals surface area contributed by atoms with E-state index < -0.39 is 11.9 Å². The largest absolute Gasteiger partial charge is 0.481 e. The summed E-state index contributed by atoms with van der Waals surface area (Å²) in [5.41, 5.74) is 1.56. The summed E-state index contributed by atoms with van der Waals surface area (Å²) in [6, 6.07) is 6.99. The van der Waals surface area contributed by atoms with Crippen LogP contribution in [0.15, 0.2) is 24.3 Å². The zero-order valence-corrected chi connectivity index (χ0v) is 14.5. The number of amides is 1. The first-order valence-corrected chi connectivity index (χ1v) is 8.71. The third-order valence-corrected chi connectivity index (χ3v) is 4.45. The smallest absolute Gasteiger partial charge is 0.308 e. The molecule has 2 atom stereocenters. The van der Waals surface area contributed by atoms with E-state index in [0.717, 1.165) is 31.2 Å². The maximum Gasteiger partial charge on any atom is 0.308 e. The van der Waals surface area contributed by atoms with Gasteiger partial charge in [0, 0.05) is 11.6 Å². The van der Waals surface area contributed by atoms with Gasteiger partial charge >= 0.3 is 5.97 Å². The number of hydrogen-bond donors (Lipinski definition) is 2. The van der Waals surface area contributed by atoms with Gasteiger partial charge in [-0.3, -0.25) is 9.59 Å². The Labute approximate surface area is 143 Å². The number of nitrogens with one attached hydrogen (secondary N) is 1. The maximum absolute atomic E-state index is 12.4. The number of carbonyl (C=O) groups excluding carboxylic acids is 1. The van der Waals surface area contributed by atoms with Gasteiger partial charge in [-0.05, 0) is 44.4 Å². The van der Waals surface area contributed by atoms with Crippen LogP contribution in [-0.4, -0.2) is 29.1 Å². The standard InChI is InChI=1S/C19H27NO4/c1-13(2)24-12-14-8-10-15(11-9-14)18(21)20-17-7-5-3-4-6-16(17)19(22)23/h8-11,13,16-17H,3-7,12H2,1-2H3,(H,20,21)(H,22,23)/t16-,17+/m1/s1. The lowest BCUT2D eigenvalue weighted by Gasteiger charge is -2.23. The Morgan fingerprint density at radius 1 is 1.17 bits per heavy atom. The van der Waals surface area contributed by atoms with Crippen LogP contribution >= 0.6 is 0 Å². The first-order chi connectivity index (χ1) is 11.5. The topological polar surface area (TPSA) is 75.6 Å². The van der Waals surface area contributed by atoms with Crippen molar-refractivity contribution in [3.8, 4) is 0 Å². The SMILES string of the molecule is CC(C)OCc1ccc(C(=O)N[C@H]2CCCCC[C@H]2C(=O)O)cc1. The van der Waals surface area contributed by atoms with Crippen molar-refractivity contribution >= 4 is 11.9 Å². The van der Waals surface area contributed by atoms with Gasteiger partial charge in [0.05, 0.1) is 18.6 Å². The van der Waals surface area contributed by atoms with Gasteiger partial charge in [0.2, 0.25) is 0 Å². The van der Waals surface area contributed by atoms with E-state index in [-0.39, 0.29) is 18.1 Å². The van der Waals surface area contributed by atoms with E-state index in [0.29, 0.717) is 18.6 Å². The van der Waals surface area contributed by atoms with Crippen LogP contribution in [0.25, 0.3) is 0 Å². The first-order valence-electron chi connectivity index (χ1n) is 8.71. The highest BCUT2D eigenvalue weighted by Gasteiger charge is 2.30. The second-order valence-electron chi connectivity index (χ2n) is 6.72. The van der Waals surface area contributed by atoms with Crippen molar-refractivity contribution in [1.82, 2.24) is 5.32 Å².